The molecule has 0 spiro atoms. The number of hydrogen-bond acceptors (Lipinski definition) is 2. The van der Waals surface area contributed by atoms with Crippen LogP contribution in [0.4, 0.5) is 0 Å². The molecule has 0 fully saturated rings. The lowest BCUT2D eigenvalue weighted by molar-refractivity contribution is 0.0689. The number of amides is 1. The van der Waals surface area contributed by atoms with E-state index in [2.05, 4.69) is 43.4 Å². The smallest absolute Gasteiger partial charge is 0.253 e. The molecule has 0 saturated heterocycles. The number of hydrogen-bond donors (Lipinski definition) is 1. The number of benzene rings is 1. The van der Waals surface area contributed by atoms with Gasteiger partial charge >= 0.3 is 0 Å². The van der Waals surface area contributed by atoms with Crippen molar-refractivity contribution in [2.24, 2.45) is 11.1 Å². The van der Waals surface area contributed by atoms with E-state index in [1.807, 2.05) is 29.2 Å². The van der Waals surface area contributed by atoms with Gasteiger partial charge < -0.3 is 10.6 Å². The predicted octanol–water partition coefficient (Wildman–Crippen LogP) is 3.13. The van der Waals surface area contributed by atoms with Gasteiger partial charge in [-0.05, 0) is 59.2 Å². The Bertz CT molecular complexity index is 432. The monoisotopic (exact) mass is 374 g/mol. The van der Waals surface area contributed by atoms with Crippen LogP contribution in [-0.4, -0.2) is 30.4 Å². The standard InChI is InChI=1S/C15H23IN2O/c1-4-8-18(11-15(2,3)10-17)14(19)12-6-5-7-13(16)9-12/h5-7,9H,4,8,10-11,17H2,1-3H3. The topological polar surface area (TPSA) is 46.3 Å². The zero-order chi connectivity index (χ0) is 14.5. The molecular formula is C15H23IN2O. The fourth-order valence-electron chi connectivity index (χ4n) is 1.91. The molecule has 1 rings (SSSR count). The van der Waals surface area contributed by atoms with Gasteiger partial charge in [0.15, 0.2) is 0 Å². The quantitative estimate of drug-likeness (QED) is 0.778. The lowest BCUT2D eigenvalue weighted by atomic mass is 9.92. The van der Waals surface area contributed by atoms with Crippen molar-refractivity contribution in [3.05, 3.63) is 33.4 Å². The Balaban J connectivity index is 2.90. The summed E-state index contributed by atoms with van der Waals surface area (Å²) in [5.41, 5.74) is 6.48. The Morgan fingerprint density at radius 2 is 2.11 bits per heavy atom. The molecule has 0 atom stereocenters. The highest BCUT2D eigenvalue weighted by atomic mass is 127. The molecule has 1 aromatic rings. The van der Waals surface area contributed by atoms with Gasteiger partial charge in [-0.3, -0.25) is 4.79 Å². The number of halogens is 1. The highest BCUT2D eigenvalue weighted by Crippen LogP contribution is 2.18. The van der Waals surface area contributed by atoms with E-state index in [1.165, 1.54) is 0 Å². The van der Waals surface area contributed by atoms with Crippen molar-refractivity contribution in [1.29, 1.82) is 0 Å². The van der Waals surface area contributed by atoms with Gasteiger partial charge in [0.1, 0.15) is 0 Å². The fourth-order valence-corrected chi connectivity index (χ4v) is 2.45. The van der Waals surface area contributed by atoms with E-state index in [0.717, 1.165) is 22.1 Å². The zero-order valence-electron chi connectivity index (χ0n) is 11.9. The third kappa shape index (κ3) is 5.10. The van der Waals surface area contributed by atoms with Crippen LogP contribution in [0, 0.1) is 8.99 Å². The normalized spacial score (nSPS) is 11.4. The van der Waals surface area contributed by atoms with Gasteiger partial charge in [0.2, 0.25) is 0 Å². The number of carbonyl (C=O) groups excluding carboxylic acids is 1. The van der Waals surface area contributed by atoms with Crippen LogP contribution in [0.25, 0.3) is 0 Å². The molecule has 0 bridgehead atoms. The molecule has 0 aliphatic carbocycles. The van der Waals surface area contributed by atoms with E-state index in [0.29, 0.717) is 13.1 Å². The van der Waals surface area contributed by atoms with Crippen molar-refractivity contribution >= 4 is 28.5 Å². The molecule has 2 N–H and O–H groups in total. The summed E-state index contributed by atoms with van der Waals surface area (Å²) < 4.78 is 1.08. The van der Waals surface area contributed by atoms with Crippen LogP contribution >= 0.6 is 22.6 Å². The van der Waals surface area contributed by atoms with Gasteiger partial charge in [0.25, 0.3) is 5.91 Å². The maximum absolute atomic E-state index is 12.6. The van der Waals surface area contributed by atoms with Crippen molar-refractivity contribution < 1.29 is 4.79 Å². The first-order chi connectivity index (χ1) is 8.89. The first-order valence-corrected chi connectivity index (χ1v) is 7.72. The van der Waals surface area contributed by atoms with Gasteiger partial charge in [0, 0.05) is 22.2 Å². The van der Waals surface area contributed by atoms with Gasteiger partial charge in [0.05, 0.1) is 0 Å². The van der Waals surface area contributed by atoms with Crippen LogP contribution in [0.3, 0.4) is 0 Å². The van der Waals surface area contributed by atoms with Crippen LogP contribution in [-0.2, 0) is 0 Å². The number of nitrogens with two attached hydrogens (primary N) is 1. The summed E-state index contributed by atoms with van der Waals surface area (Å²) >= 11 is 2.23. The van der Waals surface area contributed by atoms with Crippen LogP contribution in [0.15, 0.2) is 24.3 Å². The summed E-state index contributed by atoms with van der Waals surface area (Å²) in [6.07, 6.45) is 0.955. The third-order valence-electron chi connectivity index (χ3n) is 3.02. The Labute approximate surface area is 129 Å². The minimum atomic E-state index is -0.0488. The van der Waals surface area contributed by atoms with E-state index in [4.69, 9.17) is 5.73 Å². The van der Waals surface area contributed by atoms with Gasteiger partial charge in [-0.2, -0.15) is 0 Å². The molecule has 19 heavy (non-hydrogen) atoms. The Hall–Kier alpha value is -0.620. The predicted molar refractivity (Wildman–Crippen MR) is 88.2 cm³/mol. The summed E-state index contributed by atoms with van der Waals surface area (Å²) in [4.78, 5) is 14.5. The van der Waals surface area contributed by atoms with Crippen molar-refractivity contribution in [3.63, 3.8) is 0 Å². The maximum Gasteiger partial charge on any atom is 0.253 e. The lowest BCUT2D eigenvalue weighted by Crippen LogP contribution is -2.42. The second kappa shape index (κ2) is 7.24. The van der Waals surface area contributed by atoms with E-state index >= 15 is 0 Å². The Morgan fingerprint density at radius 3 is 2.63 bits per heavy atom. The average molecular weight is 374 g/mol. The summed E-state index contributed by atoms with van der Waals surface area (Å²) in [5, 5.41) is 0. The molecule has 106 valence electrons. The molecule has 4 heteroatoms. The highest BCUT2D eigenvalue weighted by molar-refractivity contribution is 14.1. The van der Waals surface area contributed by atoms with Gasteiger partial charge in [-0.15, -0.1) is 0 Å². The largest absolute Gasteiger partial charge is 0.338 e. The summed E-state index contributed by atoms with van der Waals surface area (Å²) in [7, 11) is 0. The van der Waals surface area contributed by atoms with E-state index in [9.17, 15) is 4.79 Å². The third-order valence-corrected chi connectivity index (χ3v) is 3.69. The first kappa shape index (κ1) is 16.4. The fraction of sp³-hybridized carbons (Fsp3) is 0.533. The van der Waals surface area contributed by atoms with Crippen molar-refractivity contribution in [1.82, 2.24) is 4.90 Å². The second-order valence-electron chi connectivity index (χ2n) is 5.61. The van der Waals surface area contributed by atoms with Crippen molar-refractivity contribution in [2.45, 2.75) is 27.2 Å². The van der Waals surface area contributed by atoms with Crippen LogP contribution < -0.4 is 5.73 Å². The summed E-state index contributed by atoms with van der Waals surface area (Å²) in [6.45, 7) is 8.32. The second-order valence-corrected chi connectivity index (χ2v) is 6.85. The highest BCUT2D eigenvalue weighted by Gasteiger charge is 2.24. The summed E-state index contributed by atoms with van der Waals surface area (Å²) in [6, 6.07) is 7.72. The van der Waals surface area contributed by atoms with Crippen LogP contribution in [0.1, 0.15) is 37.6 Å². The molecule has 0 saturated carbocycles. The maximum atomic E-state index is 12.6. The van der Waals surface area contributed by atoms with E-state index < -0.39 is 0 Å². The van der Waals surface area contributed by atoms with Gasteiger partial charge in [-0.25, -0.2) is 0 Å². The Kier molecular flexibility index (Phi) is 6.26. The number of rotatable bonds is 6. The molecule has 3 nitrogen and oxygen atoms in total. The molecule has 0 aromatic heterocycles. The molecule has 0 aliphatic heterocycles. The molecule has 0 unspecified atom stereocenters. The Morgan fingerprint density at radius 1 is 1.42 bits per heavy atom. The molecule has 0 heterocycles. The minimum absolute atomic E-state index is 0.0488. The first-order valence-electron chi connectivity index (χ1n) is 6.64. The molecule has 0 radical (unpaired) electrons. The molecule has 1 aromatic carbocycles. The number of nitrogens with zero attached hydrogens (tertiary/aromatic N) is 1. The van der Waals surface area contributed by atoms with Crippen molar-refractivity contribution in [2.75, 3.05) is 19.6 Å². The van der Waals surface area contributed by atoms with Crippen LogP contribution in [0.2, 0.25) is 0 Å². The van der Waals surface area contributed by atoms with Crippen molar-refractivity contribution in [3.8, 4) is 0 Å². The van der Waals surface area contributed by atoms with E-state index in [1.54, 1.807) is 0 Å². The van der Waals surface area contributed by atoms with Crippen LogP contribution in [0.5, 0.6) is 0 Å². The molecular weight excluding hydrogens is 351 g/mol. The molecule has 0 aliphatic rings. The number of carbonyl (C=O) groups is 1. The zero-order valence-corrected chi connectivity index (χ0v) is 14.1. The van der Waals surface area contributed by atoms with Gasteiger partial charge in [-0.1, -0.05) is 26.8 Å². The van der Waals surface area contributed by atoms with E-state index in [-0.39, 0.29) is 11.3 Å². The SMILES string of the molecule is CCCN(CC(C)(C)CN)C(=O)c1cccc(I)c1. The minimum Gasteiger partial charge on any atom is -0.338 e. The lowest BCUT2D eigenvalue weighted by Gasteiger charge is -2.31. The molecule has 1 amide bonds. The average Bonchev–Trinajstić information content (AvgIpc) is 2.37. The summed E-state index contributed by atoms with van der Waals surface area (Å²) in [5.74, 6) is 0.0990.